The minimum absolute atomic E-state index is 0.162. The summed E-state index contributed by atoms with van der Waals surface area (Å²) in [6, 6.07) is 0. The molecule has 0 aromatic carbocycles. The first-order chi connectivity index (χ1) is 8.28. The van der Waals surface area contributed by atoms with Gasteiger partial charge in [-0.05, 0) is 52.7 Å². The first-order valence-electron chi connectivity index (χ1n) is 6.04. The van der Waals surface area contributed by atoms with Crippen molar-refractivity contribution in [3.63, 3.8) is 0 Å². The summed E-state index contributed by atoms with van der Waals surface area (Å²) >= 11 is 0. The molecule has 0 fully saturated rings. The van der Waals surface area contributed by atoms with Crippen molar-refractivity contribution >= 4 is 11.8 Å². The zero-order valence-electron chi connectivity index (χ0n) is 11.5. The summed E-state index contributed by atoms with van der Waals surface area (Å²) in [5.74, 6) is -1.65. The third-order valence-corrected chi connectivity index (χ3v) is 2.27. The summed E-state index contributed by atoms with van der Waals surface area (Å²) in [5, 5.41) is 9.97. The molecule has 0 rings (SSSR count). The van der Waals surface area contributed by atoms with Crippen molar-refractivity contribution in [2.45, 2.75) is 46.1 Å². The van der Waals surface area contributed by atoms with Crippen LogP contribution in [0.2, 0.25) is 0 Å². The minimum atomic E-state index is -1.10. The predicted molar refractivity (Wildman–Crippen MR) is 70.1 cm³/mol. The van der Waals surface area contributed by atoms with Crippen LogP contribution in [0.1, 0.15) is 40.5 Å². The Morgan fingerprint density at radius 2 is 1.94 bits per heavy atom. The molecule has 0 aliphatic heterocycles. The summed E-state index contributed by atoms with van der Waals surface area (Å²) in [6.45, 7) is 7.35. The summed E-state index contributed by atoms with van der Waals surface area (Å²) in [5.41, 5.74) is 0.0751. The first-order valence-corrected chi connectivity index (χ1v) is 6.04. The van der Waals surface area contributed by atoms with E-state index in [2.05, 4.69) is 4.74 Å². The van der Waals surface area contributed by atoms with Gasteiger partial charge in [-0.2, -0.15) is 0 Å². The van der Waals surface area contributed by atoms with E-state index in [1.807, 2.05) is 19.9 Å². The Morgan fingerprint density at radius 1 is 1.33 bits per heavy atom. The molecule has 102 valence electrons. The quantitative estimate of drug-likeness (QED) is 0.327. The SMILES string of the molecule is CCOC(=O)C(=O)/C=C/C(C)(O)CCC=C(C)C. The number of hydrogen-bond acceptors (Lipinski definition) is 4. The molecule has 1 unspecified atom stereocenters. The van der Waals surface area contributed by atoms with Gasteiger partial charge in [-0.15, -0.1) is 0 Å². The van der Waals surface area contributed by atoms with E-state index in [9.17, 15) is 14.7 Å². The van der Waals surface area contributed by atoms with Gasteiger partial charge in [0.1, 0.15) is 0 Å². The smallest absolute Gasteiger partial charge is 0.378 e. The van der Waals surface area contributed by atoms with Gasteiger partial charge in [0.25, 0.3) is 5.78 Å². The Labute approximate surface area is 108 Å². The Kier molecular flexibility index (Phi) is 7.20. The van der Waals surface area contributed by atoms with Gasteiger partial charge in [-0.1, -0.05) is 11.6 Å². The molecule has 4 nitrogen and oxygen atoms in total. The third-order valence-electron chi connectivity index (χ3n) is 2.27. The molecule has 0 amide bonds. The van der Waals surface area contributed by atoms with E-state index in [1.165, 1.54) is 11.6 Å². The fraction of sp³-hybridized carbons (Fsp3) is 0.571. The second kappa shape index (κ2) is 7.82. The van der Waals surface area contributed by atoms with Crippen LogP contribution in [0.3, 0.4) is 0 Å². The highest BCUT2D eigenvalue weighted by Crippen LogP contribution is 2.15. The van der Waals surface area contributed by atoms with Gasteiger partial charge >= 0.3 is 5.97 Å². The van der Waals surface area contributed by atoms with Crippen LogP contribution in [0.15, 0.2) is 23.8 Å². The Balaban J connectivity index is 4.34. The number of allylic oxidation sites excluding steroid dienone is 2. The molecule has 0 aliphatic rings. The van der Waals surface area contributed by atoms with Crippen LogP contribution in [-0.4, -0.2) is 29.1 Å². The van der Waals surface area contributed by atoms with Crippen LogP contribution in [0.5, 0.6) is 0 Å². The van der Waals surface area contributed by atoms with Crippen molar-refractivity contribution in [3.05, 3.63) is 23.8 Å². The number of carbonyl (C=O) groups is 2. The first kappa shape index (κ1) is 16.6. The molecule has 0 aromatic heterocycles. The fourth-order valence-electron chi connectivity index (χ4n) is 1.26. The van der Waals surface area contributed by atoms with Gasteiger partial charge < -0.3 is 9.84 Å². The zero-order valence-corrected chi connectivity index (χ0v) is 11.5. The van der Waals surface area contributed by atoms with Gasteiger partial charge in [0.05, 0.1) is 12.2 Å². The largest absolute Gasteiger partial charge is 0.460 e. The van der Waals surface area contributed by atoms with Crippen LogP contribution >= 0.6 is 0 Å². The Morgan fingerprint density at radius 3 is 2.44 bits per heavy atom. The summed E-state index contributed by atoms with van der Waals surface area (Å²) < 4.78 is 4.55. The highest BCUT2D eigenvalue weighted by atomic mass is 16.5. The standard InChI is InChI=1S/C14H22O4/c1-5-18-13(16)12(15)8-10-14(4,17)9-6-7-11(2)3/h7-8,10,17H,5-6,9H2,1-4H3/b10-8+. The molecule has 0 saturated carbocycles. The Hall–Kier alpha value is -1.42. The minimum Gasteiger partial charge on any atom is -0.460 e. The van der Waals surface area contributed by atoms with E-state index in [-0.39, 0.29) is 6.61 Å². The van der Waals surface area contributed by atoms with Crippen LogP contribution in [0, 0.1) is 0 Å². The van der Waals surface area contributed by atoms with E-state index in [4.69, 9.17) is 0 Å². The van der Waals surface area contributed by atoms with E-state index in [0.717, 1.165) is 6.08 Å². The predicted octanol–water partition coefficient (Wildman–Crippen LogP) is 2.17. The summed E-state index contributed by atoms with van der Waals surface area (Å²) in [6.07, 6.45) is 5.62. The maximum absolute atomic E-state index is 11.3. The van der Waals surface area contributed by atoms with Crippen molar-refractivity contribution in [1.82, 2.24) is 0 Å². The van der Waals surface area contributed by atoms with E-state index in [1.54, 1.807) is 13.8 Å². The molecule has 1 N–H and O–H groups in total. The lowest BCUT2D eigenvalue weighted by Crippen LogP contribution is -2.22. The van der Waals surface area contributed by atoms with Crippen molar-refractivity contribution in [1.29, 1.82) is 0 Å². The van der Waals surface area contributed by atoms with Crippen molar-refractivity contribution < 1.29 is 19.4 Å². The van der Waals surface area contributed by atoms with Gasteiger partial charge in [0, 0.05) is 0 Å². The van der Waals surface area contributed by atoms with Crippen molar-refractivity contribution in [2.75, 3.05) is 6.61 Å². The fourth-order valence-corrected chi connectivity index (χ4v) is 1.26. The molecule has 18 heavy (non-hydrogen) atoms. The molecule has 0 radical (unpaired) electrons. The van der Waals surface area contributed by atoms with Crippen LogP contribution in [-0.2, 0) is 14.3 Å². The number of carbonyl (C=O) groups excluding carboxylic acids is 2. The summed E-state index contributed by atoms with van der Waals surface area (Å²) in [7, 11) is 0. The van der Waals surface area contributed by atoms with Gasteiger partial charge in [-0.3, -0.25) is 4.79 Å². The molecule has 4 heteroatoms. The maximum atomic E-state index is 11.3. The number of esters is 1. The van der Waals surface area contributed by atoms with Crippen LogP contribution < -0.4 is 0 Å². The number of ketones is 1. The van der Waals surface area contributed by atoms with E-state index in [0.29, 0.717) is 12.8 Å². The van der Waals surface area contributed by atoms with Crippen molar-refractivity contribution in [3.8, 4) is 0 Å². The monoisotopic (exact) mass is 254 g/mol. The lowest BCUT2D eigenvalue weighted by atomic mass is 9.98. The van der Waals surface area contributed by atoms with Crippen LogP contribution in [0.4, 0.5) is 0 Å². The average molecular weight is 254 g/mol. The Bertz CT molecular complexity index is 347. The molecule has 0 bridgehead atoms. The average Bonchev–Trinajstić information content (AvgIpc) is 2.25. The molecule has 0 spiro atoms. The second-order valence-electron chi connectivity index (χ2n) is 4.60. The topological polar surface area (TPSA) is 63.6 Å². The van der Waals surface area contributed by atoms with Crippen molar-refractivity contribution in [2.24, 2.45) is 0 Å². The molecule has 1 atom stereocenters. The lowest BCUT2D eigenvalue weighted by Gasteiger charge is -2.17. The molecular formula is C14H22O4. The van der Waals surface area contributed by atoms with Crippen LogP contribution in [0.25, 0.3) is 0 Å². The summed E-state index contributed by atoms with van der Waals surface area (Å²) in [4.78, 5) is 22.3. The number of rotatable bonds is 7. The zero-order chi connectivity index (χ0) is 14.2. The number of aliphatic hydroxyl groups is 1. The van der Waals surface area contributed by atoms with Gasteiger partial charge in [0.15, 0.2) is 0 Å². The highest BCUT2D eigenvalue weighted by molar-refractivity contribution is 6.38. The second-order valence-corrected chi connectivity index (χ2v) is 4.60. The highest BCUT2D eigenvalue weighted by Gasteiger charge is 2.17. The third kappa shape index (κ3) is 7.79. The van der Waals surface area contributed by atoms with E-state index >= 15 is 0 Å². The number of ether oxygens (including phenoxy) is 1. The molecular weight excluding hydrogens is 232 g/mol. The number of hydrogen-bond donors (Lipinski definition) is 1. The maximum Gasteiger partial charge on any atom is 0.378 e. The molecule has 0 aliphatic carbocycles. The molecule has 0 aromatic rings. The van der Waals surface area contributed by atoms with E-state index < -0.39 is 17.4 Å². The molecule has 0 saturated heterocycles. The lowest BCUT2D eigenvalue weighted by molar-refractivity contribution is -0.151. The van der Waals surface area contributed by atoms with Gasteiger partial charge in [0.2, 0.25) is 0 Å². The normalized spacial score (nSPS) is 14.1. The van der Waals surface area contributed by atoms with Gasteiger partial charge in [-0.25, -0.2) is 4.79 Å². The molecule has 0 heterocycles.